The Morgan fingerprint density at radius 3 is 2.70 bits per heavy atom. The number of halogens is 1. The van der Waals surface area contributed by atoms with Gasteiger partial charge in [0.25, 0.3) is 5.91 Å². The van der Waals surface area contributed by atoms with Crippen LogP contribution in [0.2, 0.25) is 0 Å². The predicted octanol–water partition coefficient (Wildman–Crippen LogP) is 3.14. The van der Waals surface area contributed by atoms with Gasteiger partial charge in [-0.2, -0.15) is 4.68 Å². The molecule has 1 aromatic carbocycles. The Morgan fingerprint density at radius 1 is 1.33 bits per heavy atom. The molecular formula is C17H16FN5O4. The molecule has 0 saturated carbocycles. The Bertz CT molecular complexity index is 1040. The van der Waals surface area contributed by atoms with E-state index < -0.39 is 16.6 Å². The van der Waals surface area contributed by atoms with E-state index in [1.165, 1.54) is 16.8 Å². The van der Waals surface area contributed by atoms with Crippen molar-refractivity contribution in [3.05, 3.63) is 68.5 Å². The summed E-state index contributed by atoms with van der Waals surface area (Å²) < 4.78 is 20.2. The van der Waals surface area contributed by atoms with Crippen molar-refractivity contribution >= 4 is 17.4 Å². The summed E-state index contributed by atoms with van der Waals surface area (Å²) in [5, 5.41) is 21.1. The van der Waals surface area contributed by atoms with E-state index >= 15 is 0 Å². The van der Waals surface area contributed by atoms with Gasteiger partial charge in [-0.05, 0) is 43.4 Å². The zero-order chi connectivity index (χ0) is 19.7. The third kappa shape index (κ3) is 3.68. The normalized spacial score (nSPS) is 10.8. The van der Waals surface area contributed by atoms with Crippen LogP contribution in [-0.2, 0) is 6.54 Å². The molecule has 0 radical (unpaired) electrons. The van der Waals surface area contributed by atoms with Gasteiger partial charge in [-0.3, -0.25) is 4.79 Å². The van der Waals surface area contributed by atoms with E-state index in [1.54, 1.807) is 32.9 Å². The summed E-state index contributed by atoms with van der Waals surface area (Å²) in [6, 6.07) is 5.66. The smallest absolute Gasteiger partial charge is 0.361 e. The maximum Gasteiger partial charge on any atom is 0.390 e. The number of rotatable bonds is 5. The summed E-state index contributed by atoms with van der Waals surface area (Å²) in [6.07, 6.45) is 0. The molecule has 0 unspecified atom stereocenters. The average molecular weight is 373 g/mol. The van der Waals surface area contributed by atoms with Crippen LogP contribution in [0.4, 0.5) is 15.9 Å². The second kappa shape index (κ2) is 6.98. The Hall–Kier alpha value is -3.56. The van der Waals surface area contributed by atoms with Crippen molar-refractivity contribution in [2.75, 3.05) is 5.32 Å². The summed E-state index contributed by atoms with van der Waals surface area (Å²) >= 11 is 0. The van der Waals surface area contributed by atoms with E-state index in [2.05, 4.69) is 15.6 Å². The van der Waals surface area contributed by atoms with Gasteiger partial charge >= 0.3 is 5.82 Å². The zero-order valence-electron chi connectivity index (χ0n) is 14.8. The number of hydrogen-bond acceptors (Lipinski definition) is 6. The fraction of sp³-hybridized carbons (Fsp3) is 0.235. The minimum Gasteiger partial charge on any atom is -0.361 e. The molecule has 9 nitrogen and oxygen atoms in total. The van der Waals surface area contributed by atoms with Crippen LogP contribution in [0.1, 0.15) is 33.1 Å². The van der Waals surface area contributed by atoms with Crippen molar-refractivity contribution < 1.29 is 18.6 Å². The van der Waals surface area contributed by atoms with Gasteiger partial charge < -0.3 is 20.0 Å². The van der Waals surface area contributed by atoms with Crippen molar-refractivity contribution in [2.45, 2.75) is 27.3 Å². The monoisotopic (exact) mass is 373 g/mol. The maximum absolute atomic E-state index is 13.7. The Kier molecular flexibility index (Phi) is 4.72. The number of anilines is 1. The lowest BCUT2D eigenvalue weighted by Crippen LogP contribution is -2.16. The van der Waals surface area contributed by atoms with Crippen LogP contribution in [0.15, 0.2) is 28.8 Å². The molecule has 27 heavy (non-hydrogen) atoms. The Morgan fingerprint density at radius 2 is 2.07 bits per heavy atom. The molecule has 0 aliphatic rings. The highest BCUT2D eigenvalue weighted by atomic mass is 19.1. The summed E-state index contributed by atoms with van der Waals surface area (Å²) in [7, 11) is 0. The fourth-order valence-electron chi connectivity index (χ4n) is 2.51. The number of benzene rings is 1. The van der Waals surface area contributed by atoms with Crippen LogP contribution >= 0.6 is 0 Å². The highest BCUT2D eigenvalue weighted by molar-refractivity contribution is 6.03. The largest absolute Gasteiger partial charge is 0.390 e. The first-order chi connectivity index (χ1) is 12.8. The predicted molar refractivity (Wildman–Crippen MR) is 93.1 cm³/mol. The number of amides is 1. The molecule has 10 heteroatoms. The van der Waals surface area contributed by atoms with Gasteiger partial charge in [-0.1, -0.05) is 11.2 Å². The lowest BCUT2D eigenvalue weighted by atomic mass is 10.1. The molecule has 0 fully saturated rings. The van der Waals surface area contributed by atoms with Gasteiger partial charge in [0.15, 0.2) is 5.69 Å². The first-order valence-corrected chi connectivity index (χ1v) is 7.97. The summed E-state index contributed by atoms with van der Waals surface area (Å²) in [4.78, 5) is 22.8. The highest BCUT2D eigenvalue weighted by Crippen LogP contribution is 2.20. The van der Waals surface area contributed by atoms with Crippen LogP contribution in [0.5, 0.6) is 0 Å². The quantitative estimate of drug-likeness (QED) is 0.542. The van der Waals surface area contributed by atoms with Gasteiger partial charge in [0.1, 0.15) is 11.6 Å². The van der Waals surface area contributed by atoms with E-state index in [4.69, 9.17) is 4.52 Å². The van der Waals surface area contributed by atoms with E-state index in [-0.39, 0.29) is 23.7 Å². The van der Waals surface area contributed by atoms with Gasteiger partial charge in [-0.25, -0.2) is 4.39 Å². The van der Waals surface area contributed by atoms with Crippen molar-refractivity contribution in [1.29, 1.82) is 0 Å². The number of hydrogen-bond donors (Lipinski definition) is 1. The molecule has 3 rings (SSSR count). The minimum absolute atomic E-state index is 0.00559. The first kappa shape index (κ1) is 18.2. The van der Waals surface area contributed by atoms with Crippen LogP contribution in [0, 0.1) is 36.7 Å². The summed E-state index contributed by atoms with van der Waals surface area (Å²) in [6.45, 7) is 4.97. The number of carbonyl (C=O) groups excluding carboxylic acids is 1. The van der Waals surface area contributed by atoms with Crippen LogP contribution in [0.25, 0.3) is 0 Å². The van der Waals surface area contributed by atoms with Crippen molar-refractivity contribution in [2.24, 2.45) is 0 Å². The van der Waals surface area contributed by atoms with Gasteiger partial charge in [0.2, 0.25) is 0 Å². The number of nitrogens with zero attached hydrogens (tertiary/aromatic N) is 4. The second-order valence-electron chi connectivity index (χ2n) is 6.04. The molecule has 0 aliphatic carbocycles. The topological polar surface area (TPSA) is 116 Å². The SMILES string of the molecule is Cc1ccc(NC(=O)c2noc(C)c2Cn2nc([N+](=O)[O-])cc2C)cc1F. The Labute approximate surface area is 152 Å². The van der Waals surface area contributed by atoms with E-state index in [9.17, 15) is 19.3 Å². The zero-order valence-corrected chi connectivity index (χ0v) is 14.8. The Balaban J connectivity index is 1.86. The molecular weight excluding hydrogens is 357 g/mol. The number of carbonyl (C=O) groups is 1. The lowest BCUT2D eigenvalue weighted by Gasteiger charge is -2.06. The highest BCUT2D eigenvalue weighted by Gasteiger charge is 2.24. The number of nitro groups is 1. The maximum atomic E-state index is 13.7. The molecule has 0 spiro atoms. The number of aromatic nitrogens is 3. The molecule has 3 aromatic rings. The van der Waals surface area contributed by atoms with Gasteiger partial charge in [-0.15, -0.1) is 0 Å². The van der Waals surface area contributed by atoms with E-state index in [1.807, 2.05) is 0 Å². The van der Waals surface area contributed by atoms with Crippen LogP contribution in [0.3, 0.4) is 0 Å². The third-order valence-electron chi connectivity index (χ3n) is 4.09. The van der Waals surface area contributed by atoms with Crippen LogP contribution in [-0.4, -0.2) is 25.8 Å². The number of nitrogens with one attached hydrogen (secondary N) is 1. The molecule has 1 N–H and O–H groups in total. The van der Waals surface area contributed by atoms with Crippen LogP contribution < -0.4 is 5.32 Å². The standard InChI is InChI=1S/C17H16FN5O4/c1-9-4-5-12(7-14(9)18)19-17(24)16-13(11(3)27-21-16)8-22-10(2)6-15(20-22)23(25)26/h4-7H,8H2,1-3H3,(H,19,24). The molecule has 0 bridgehead atoms. The molecule has 0 aliphatic heterocycles. The van der Waals surface area contributed by atoms with Crippen molar-refractivity contribution in [3.63, 3.8) is 0 Å². The van der Waals surface area contributed by atoms with E-state index in [0.29, 0.717) is 22.6 Å². The van der Waals surface area contributed by atoms with E-state index in [0.717, 1.165) is 0 Å². The number of aryl methyl sites for hydroxylation is 3. The molecule has 0 atom stereocenters. The summed E-state index contributed by atoms with van der Waals surface area (Å²) in [5.74, 6) is -0.927. The van der Waals surface area contributed by atoms with Crippen molar-refractivity contribution in [3.8, 4) is 0 Å². The lowest BCUT2D eigenvalue weighted by molar-refractivity contribution is -0.389. The molecule has 2 heterocycles. The van der Waals surface area contributed by atoms with Gasteiger partial charge in [0, 0.05) is 5.69 Å². The second-order valence-corrected chi connectivity index (χ2v) is 6.04. The molecule has 1 amide bonds. The molecule has 0 saturated heterocycles. The van der Waals surface area contributed by atoms with Crippen molar-refractivity contribution in [1.82, 2.24) is 14.9 Å². The molecule has 2 aromatic heterocycles. The average Bonchev–Trinajstić information content (AvgIpc) is 3.15. The minimum atomic E-state index is -0.594. The fourth-order valence-corrected chi connectivity index (χ4v) is 2.51. The third-order valence-corrected chi connectivity index (χ3v) is 4.09. The first-order valence-electron chi connectivity index (χ1n) is 7.97. The summed E-state index contributed by atoms with van der Waals surface area (Å²) in [5.41, 5.74) is 1.73. The van der Waals surface area contributed by atoms with Gasteiger partial charge in [0.05, 0.1) is 29.0 Å². The molecule has 140 valence electrons.